The molecule has 0 spiro atoms. The maximum Gasteiger partial charge on any atom is 0.345 e. The van der Waals surface area contributed by atoms with E-state index in [0.29, 0.717) is 31.5 Å². The number of piperazine rings is 1. The van der Waals surface area contributed by atoms with Crippen LogP contribution in [-0.2, 0) is 9.53 Å². The van der Waals surface area contributed by atoms with Gasteiger partial charge in [0, 0.05) is 13.1 Å². The molecular formula is C18H21ClF3N3O3. The first-order valence-electron chi connectivity index (χ1n) is 8.99. The summed E-state index contributed by atoms with van der Waals surface area (Å²) >= 11 is 5.87. The summed E-state index contributed by atoms with van der Waals surface area (Å²) in [5.74, 6) is -1.02. The number of benzene rings is 1. The Morgan fingerprint density at radius 2 is 2.11 bits per heavy atom. The van der Waals surface area contributed by atoms with Crippen LogP contribution in [0, 0.1) is 11.7 Å². The lowest BCUT2D eigenvalue weighted by atomic mass is 9.75. The number of carbonyl (C=O) groups is 2. The van der Waals surface area contributed by atoms with E-state index in [0.717, 1.165) is 0 Å². The monoisotopic (exact) mass is 419 g/mol. The predicted octanol–water partition coefficient (Wildman–Crippen LogP) is 3.07. The van der Waals surface area contributed by atoms with Gasteiger partial charge in [-0.1, -0.05) is 17.7 Å². The van der Waals surface area contributed by atoms with Crippen molar-refractivity contribution in [3.8, 4) is 0 Å². The van der Waals surface area contributed by atoms with Crippen molar-refractivity contribution in [2.75, 3.05) is 13.1 Å². The Kier molecular flexibility index (Phi) is 6.34. The summed E-state index contributed by atoms with van der Waals surface area (Å²) in [6.45, 7) is -0.547. The largest absolute Gasteiger partial charge is 0.353 e. The number of nitrogens with one attached hydrogen (secondary N) is 2. The lowest BCUT2D eigenvalue weighted by Gasteiger charge is -2.42. The fraction of sp³-hybridized carbons (Fsp3) is 0.556. The summed E-state index contributed by atoms with van der Waals surface area (Å²) in [6.07, 6.45) is 0.0423. The quantitative estimate of drug-likeness (QED) is 0.770. The highest BCUT2D eigenvalue weighted by molar-refractivity contribution is 6.30. The SMILES string of the molecule is C[C@@H]1C(=O)NCCN1C(=O)NC(c1ccc(F)c(Cl)c1)[C@H]1C[C@@H](OC(F)F)C1. The number of alkyl halides is 2. The number of ether oxygens (including phenoxy) is 1. The van der Waals surface area contributed by atoms with E-state index in [9.17, 15) is 22.8 Å². The summed E-state index contributed by atoms with van der Waals surface area (Å²) < 4.78 is 42.8. The molecule has 1 heterocycles. The Labute approximate surface area is 165 Å². The third-order valence-electron chi connectivity index (χ3n) is 5.24. The topological polar surface area (TPSA) is 70.7 Å². The molecule has 154 valence electrons. The molecule has 1 saturated heterocycles. The third kappa shape index (κ3) is 4.52. The van der Waals surface area contributed by atoms with Gasteiger partial charge in [0.05, 0.1) is 17.2 Å². The van der Waals surface area contributed by atoms with Gasteiger partial charge < -0.3 is 20.3 Å². The van der Waals surface area contributed by atoms with Crippen LogP contribution in [0.2, 0.25) is 5.02 Å². The van der Waals surface area contributed by atoms with Crippen molar-refractivity contribution in [1.29, 1.82) is 0 Å². The van der Waals surface area contributed by atoms with Gasteiger partial charge in [0.15, 0.2) is 0 Å². The van der Waals surface area contributed by atoms with Gasteiger partial charge in [0.25, 0.3) is 0 Å². The lowest BCUT2D eigenvalue weighted by molar-refractivity contribution is -0.193. The van der Waals surface area contributed by atoms with Crippen LogP contribution in [0.15, 0.2) is 18.2 Å². The molecule has 2 aliphatic rings. The molecule has 1 aliphatic carbocycles. The molecule has 1 saturated carbocycles. The van der Waals surface area contributed by atoms with Gasteiger partial charge in [-0.15, -0.1) is 0 Å². The van der Waals surface area contributed by atoms with E-state index in [1.165, 1.54) is 23.1 Å². The number of urea groups is 1. The molecule has 28 heavy (non-hydrogen) atoms. The van der Waals surface area contributed by atoms with Crippen molar-refractivity contribution in [3.05, 3.63) is 34.6 Å². The molecule has 3 rings (SSSR count). The van der Waals surface area contributed by atoms with Gasteiger partial charge in [0.2, 0.25) is 5.91 Å². The zero-order chi connectivity index (χ0) is 20.4. The summed E-state index contributed by atoms with van der Waals surface area (Å²) in [4.78, 5) is 26.0. The molecule has 0 bridgehead atoms. The highest BCUT2D eigenvalue weighted by Gasteiger charge is 2.40. The minimum atomic E-state index is -2.85. The zero-order valence-corrected chi connectivity index (χ0v) is 15.9. The molecule has 1 aromatic rings. The fourth-order valence-corrected chi connectivity index (χ4v) is 3.78. The molecule has 1 unspecified atom stereocenters. The lowest BCUT2D eigenvalue weighted by Crippen LogP contribution is -2.59. The Morgan fingerprint density at radius 1 is 1.39 bits per heavy atom. The summed E-state index contributed by atoms with van der Waals surface area (Å²) in [5, 5.41) is 5.44. The Balaban J connectivity index is 1.75. The normalized spacial score (nSPS) is 25.9. The number of halogens is 4. The van der Waals surface area contributed by atoms with Crippen molar-refractivity contribution in [3.63, 3.8) is 0 Å². The van der Waals surface area contributed by atoms with E-state index < -0.39 is 36.6 Å². The average molecular weight is 420 g/mol. The number of amides is 3. The van der Waals surface area contributed by atoms with Crippen molar-refractivity contribution in [1.82, 2.24) is 15.5 Å². The maximum atomic E-state index is 13.5. The van der Waals surface area contributed by atoms with Gasteiger partial charge in [-0.3, -0.25) is 4.79 Å². The van der Waals surface area contributed by atoms with Crippen LogP contribution >= 0.6 is 11.6 Å². The number of carbonyl (C=O) groups excluding carboxylic acids is 2. The summed E-state index contributed by atoms with van der Waals surface area (Å²) in [6, 6.07) is 2.45. The second-order valence-electron chi connectivity index (χ2n) is 7.01. The summed E-state index contributed by atoms with van der Waals surface area (Å²) in [5.41, 5.74) is 0.564. The first-order chi connectivity index (χ1) is 13.3. The van der Waals surface area contributed by atoms with E-state index in [1.807, 2.05) is 0 Å². The van der Waals surface area contributed by atoms with Gasteiger partial charge >= 0.3 is 12.6 Å². The highest BCUT2D eigenvalue weighted by Crippen LogP contribution is 2.41. The number of hydrogen-bond acceptors (Lipinski definition) is 3. The molecule has 2 fully saturated rings. The van der Waals surface area contributed by atoms with Crippen LogP contribution in [0.3, 0.4) is 0 Å². The molecule has 1 aromatic carbocycles. The molecule has 2 N–H and O–H groups in total. The van der Waals surface area contributed by atoms with Crippen LogP contribution in [0.5, 0.6) is 0 Å². The second-order valence-corrected chi connectivity index (χ2v) is 7.42. The smallest absolute Gasteiger partial charge is 0.345 e. The molecular weight excluding hydrogens is 399 g/mol. The van der Waals surface area contributed by atoms with Gasteiger partial charge in [-0.25, -0.2) is 9.18 Å². The van der Waals surface area contributed by atoms with Crippen LogP contribution in [0.1, 0.15) is 31.4 Å². The second kappa shape index (κ2) is 8.57. The Bertz CT molecular complexity index is 746. The van der Waals surface area contributed by atoms with E-state index >= 15 is 0 Å². The molecule has 10 heteroatoms. The van der Waals surface area contributed by atoms with Crippen molar-refractivity contribution < 1.29 is 27.5 Å². The molecule has 1 aliphatic heterocycles. The predicted molar refractivity (Wildman–Crippen MR) is 95.5 cm³/mol. The maximum absolute atomic E-state index is 13.5. The van der Waals surface area contributed by atoms with Crippen LogP contribution in [0.4, 0.5) is 18.0 Å². The fourth-order valence-electron chi connectivity index (χ4n) is 3.59. The molecule has 2 atom stereocenters. The van der Waals surface area contributed by atoms with E-state index in [2.05, 4.69) is 15.4 Å². The van der Waals surface area contributed by atoms with E-state index in [-0.39, 0.29) is 16.8 Å². The molecule has 0 aromatic heterocycles. The summed E-state index contributed by atoms with van der Waals surface area (Å²) in [7, 11) is 0. The molecule has 6 nitrogen and oxygen atoms in total. The first kappa shape index (κ1) is 20.7. The Hall–Kier alpha value is -2.00. The van der Waals surface area contributed by atoms with Gasteiger partial charge in [0.1, 0.15) is 11.9 Å². The van der Waals surface area contributed by atoms with Crippen LogP contribution < -0.4 is 10.6 Å². The molecule has 0 radical (unpaired) electrons. The molecule has 3 amide bonds. The van der Waals surface area contributed by atoms with E-state index in [4.69, 9.17) is 11.6 Å². The van der Waals surface area contributed by atoms with Crippen LogP contribution in [-0.4, -0.2) is 48.7 Å². The van der Waals surface area contributed by atoms with Gasteiger partial charge in [-0.05, 0) is 43.4 Å². The standard InChI is InChI=1S/C18H21ClF3N3O3/c1-9-16(26)23-4-5-25(9)18(27)24-15(10-2-3-14(20)13(19)8-10)11-6-12(7-11)28-17(21)22/h2-3,8-9,11-12,15,17H,4-7H2,1H3,(H,23,26)(H,24,27)/t9-,11-,12+,15?/m1/s1. The number of rotatable bonds is 5. The average Bonchev–Trinajstić information content (AvgIpc) is 2.60. The number of hydrogen-bond donors (Lipinski definition) is 2. The van der Waals surface area contributed by atoms with E-state index in [1.54, 1.807) is 6.92 Å². The third-order valence-corrected chi connectivity index (χ3v) is 5.53. The minimum Gasteiger partial charge on any atom is -0.353 e. The van der Waals surface area contributed by atoms with Crippen LogP contribution in [0.25, 0.3) is 0 Å². The van der Waals surface area contributed by atoms with Gasteiger partial charge in [-0.2, -0.15) is 8.78 Å². The first-order valence-corrected chi connectivity index (χ1v) is 9.37. The van der Waals surface area contributed by atoms with Crippen molar-refractivity contribution in [2.24, 2.45) is 5.92 Å². The highest BCUT2D eigenvalue weighted by atomic mass is 35.5. The number of nitrogens with zero attached hydrogens (tertiary/aromatic N) is 1. The zero-order valence-electron chi connectivity index (χ0n) is 15.1. The Morgan fingerprint density at radius 3 is 2.75 bits per heavy atom. The van der Waals surface area contributed by atoms with Crippen molar-refractivity contribution in [2.45, 2.75) is 44.6 Å². The minimum absolute atomic E-state index is 0.0952. The van der Waals surface area contributed by atoms with Crippen molar-refractivity contribution >= 4 is 23.5 Å².